The third-order valence-electron chi connectivity index (χ3n) is 3.42. The van der Waals surface area contributed by atoms with Gasteiger partial charge in [-0.1, -0.05) is 6.92 Å². The van der Waals surface area contributed by atoms with Gasteiger partial charge in [0.05, 0.1) is 13.0 Å². The number of nitrogens with zero attached hydrogens (tertiary/aromatic N) is 1. The van der Waals surface area contributed by atoms with E-state index in [0.717, 1.165) is 6.42 Å². The fraction of sp³-hybridized carbons (Fsp3) is 0.857. The SMILES string of the molecule is CCOC(OCC)[Si]C(CC)N1CC(C(=O)OC)CC1=O. The molecule has 2 atom stereocenters. The van der Waals surface area contributed by atoms with E-state index in [0.29, 0.717) is 29.3 Å². The molecule has 7 heteroatoms. The zero-order valence-corrected chi connectivity index (χ0v) is 14.3. The Morgan fingerprint density at radius 2 is 1.95 bits per heavy atom. The lowest BCUT2D eigenvalue weighted by molar-refractivity contribution is -0.145. The third kappa shape index (κ3) is 5.08. The molecule has 120 valence electrons. The summed E-state index contributed by atoms with van der Waals surface area (Å²) < 4.78 is 15.9. The molecule has 6 nitrogen and oxygen atoms in total. The van der Waals surface area contributed by atoms with E-state index in [9.17, 15) is 9.59 Å². The molecule has 1 aliphatic rings. The van der Waals surface area contributed by atoms with Crippen LogP contribution in [0, 0.1) is 5.92 Å². The largest absolute Gasteiger partial charge is 0.469 e. The zero-order chi connectivity index (χ0) is 15.8. The van der Waals surface area contributed by atoms with Crippen molar-refractivity contribution in [1.29, 1.82) is 0 Å². The number of likely N-dealkylation sites (tertiary alicyclic amines) is 1. The molecule has 0 aromatic rings. The van der Waals surface area contributed by atoms with Crippen LogP contribution < -0.4 is 0 Å². The molecule has 0 aliphatic carbocycles. The molecule has 1 aliphatic heterocycles. The van der Waals surface area contributed by atoms with E-state index in [4.69, 9.17) is 14.2 Å². The smallest absolute Gasteiger partial charge is 0.310 e. The lowest BCUT2D eigenvalue weighted by atomic mass is 10.1. The van der Waals surface area contributed by atoms with Gasteiger partial charge in [0.15, 0.2) is 0 Å². The third-order valence-corrected chi connectivity index (χ3v) is 5.13. The van der Waals surface area contributed by atoms with Gasteiger partial charge in [0.2, 0.25) is 5.91 Å². The number of carbonyl (C=O) groups is 2. The van der Waals surface area contributed by atoms with Crippen LogP contribution in [0.4, 0.5) is 0 Å². The second-order valence-corrected chi connectivity index (χ2v) is 6.27. The van der Waals surface area contributed by atoms with E-state index < -0.39 is 0 Å². The van der Waals surface area contributed by atoms with Gasteiger partial charge in [-0.2, -0.15) is 0 Å². The lowest BCUT2D eigenvalue weighted by Crippen LogP contribution is -2.46. The second-order valence-electron chi connectivity index (χ2n) is 4.80. The molecular formula is C14H25NO5Si. The molecule has 1 rings (SSSR count). The van der Waals surface area contributed by atoms with Crippen molar-refractivity contribution >= 4 is 21.4 Å². The minimum absolute atomic E-state index is 0.0106. The molecule has 1 fully saturated rings. The molecule has 0 N–H and O–H groups in total. The van der Waals surface area contributed by atoms with E-state index in [-0.39, 0.29) is 35.8 Å². The van der Waals surface area contributed by atoms with Gasteiger partial charge in [-0.15, -0.1) is 0 Å². The molecule has 1 heterocycles. The van der Waals surface area contributed by atoms with Crippen LogP contribution in [0.15, 0.2) is 0 Å². The van der Waals surface area contributed by atoms with Gasteiger partial charge in [0.25, 0.3) is 0 Å². The molecule has 1 saturated heterocycles. The predicted molar refractivity (Wildman–Crippen MR) is 78.7 cm³/mol. The Balaban J connectivity index is 2.66. The Morgan fingerprint density at radius 1 is 1.33 bits per heavy atom. The van der Waals surface area contributed by atoms with Crippen molar-refractivity contribution in [2.45, 2.75) is 45.2 Å². The quantitative estimate of drug-likeness (QED) is 0.358. The highest BCUT2D eigenvalue weighted by Gasteiger charge is 2.39. The summed E-state index contributed by atoms with van der Waals surface area (Å²) >= 11 is 0. The Kier molecular flexibility index (Phi) is 7.91. The number of amides is 1. The van der Waals surface area contributed by atoms with Gasteiger partial charge in [-0.05, 0) is 20.3 Å². The average molecular weight is 315 g/mol. The number of carbonyl (C=O) groups excluding carboxylic acids is 2. The topological polar surface area (TPSA) is 65.1 Å². The molecular weight excluding hydrogens is 290 g/mol. The number of esters is 1. The number of hydrogen-bond donors (Lipinski definition) is 0. The first-order valence-corrected chi connectivity index (χ1v) is 8.59. The lowest BCUT2D eigenvalue weighted by Gasteiger charge is -2.29. The summed E-state index contributed by atoms with van der Waals surface area (Å²) in [5.74, 6) is -0.930. The molecule has 0 bridgehead atoms. The van der Waals surface area contributed by atoms with Crippen LogP contribution in [0.3, 0.4) is 0 Å². The van der Waals surface area contributed by atoms with Crippen LogP contribution in [-0.4, -0.2) is 64.7 Å². The number of hydrogen-bond acceptors (Lipinski definition) is 5. The van der Waals surface area contributed by atoms with Crippen LogP contribution in [-0.2, 0) is 23.8 Å². The first-order valence-electron chi connectivity index (χ1n) is 7.43. The molecule has 0 saturated carbocycles. The first kappa shape index (κ1) is 18.1. The zero-order valence-electron chi connectivity index (χ0n) is 13.3. The number of methoxy groups -OCH3 is 1. The average Bonchev–Trinajstić information content (AvgIpc) is 2.86. The molecule has 0 spiro atoms. The Morgan fingerprint density at radius 3 is 2.43 bits per heavy atom. The highest BCUT2D eigenvalue weighted by atomic mass is 28.2. The van der Waals surface area contributed by atoms with Crippen molar-refractivity contribution in [1.82, 2.24) is 4.90 Å². The Bertz CT molecular complexity index is 346. The summed E-state index contributed by atoms with van der Waals surface area (Å²) in [5, 5.41) is 0. The maximum Gasteiger partial charge on any atom is 0.310 e. The van der Waals surface area contributed by atoms with Gasteiger partial charge in [-0.25, -0.2) is 0 Å². The van der Waals surface area contributed by atoms with Crippen LogP contribution in [0.1, 0.15) is 33.6 Å². The van der Waals surface area contributed by atoms with Crippen molar-refractivity contribution in [2.24, 2.45) is 5.92 Å². The molecule has 1 amide bonds. The van der Waals surface area contributed by atoms with Gasteiger partial charge < -0.3 is 19.1 Å². The maximum atomic E-state index is 12.1. The van der Waals surface area contributed by atoms with E-state index in [1.54, 1.807) is 4.90 Å². The Hall–Kier alpha value is -0.923. The predicted octanol–water partition coefficient (Wildman–Crippen LogP) is 0.805. The standard InChI is InChI=1S/C14H25NO5Si/c1-5-12(21-14(19-6-2)20-7-3)15-9-10(8-11(15)16)13(17)18-4/h10,12,14H,5-9H2,1-4H3. The monoisotopic (exact) mass is 315 g/mol. The second kappa shape index (κ2) is 9.17. The summed E-state index contributed by atoms with van der Waals surface area (Å²) in [5.41, 5.74) is 0.0512. The number of rotatable bonds is 9. The van der Waals surface area contributed by atoms with Gasteiger partial charge in [-0.3, -0.25) is 9.59 Å². The van der Waals surface area contributed by atoms with Crippen molar-refractivity contribution in [3.63, 3.8) is 0 Å². The van der Waals surface area contributed by atoms with Crippen molar-refractivity contribution in [2.75, 3.05) is 26.9 Å². The summed E-state index contributed by atoms with van der Waals surface area (Å²) in [4.78, 5) is 25.5. The highest BCUT2D eigenvalue weighted by Crippen LogP contribution is 2.22. The normalized spacial score (nSPS) is 20.1. The fourth-order valence-corrected chi connectivity index (χ4v) is 3.89. The van der Waals surface area contributed by atoms with Gasteiger partial charge in [0.1, 0.15) is 15.4 Å². The first-order chi connectivity index (χ1) is 10.1. The minimum Gasteiger partial charge on any atom is -0.469 e. The van der Waals surface area contributed by atoms with Gasteiger partial charge >= 0.3 is 5.97 Å². The van der Waals surface area contributed by atoms with E-state index in [2.05, 4.69) is 0 Å². The van der Waals surface area contributed by atoms with Gasteiger partial charge in [0, 0.05) is 31.8 Å². The van der Waals surface area contributed by atoms with Crippen molar-refractivity contribution in [3.05, 3.63) is 0 Å². The van der Waals surface area contributed by atoms with Crippen LogP contribution in [0.2, 0.25) is 0 Å². The van der Waals surface area contributed by atoms with E-state index in [1.165, 1.54) is 7.11 Å². The maximum absolute atomic E-state index is 12.1. The highest BCUT2D eigenvalue weighted by molar-refractivity contribution is 6.39. The fourth-order valence-electron chi connectivity index (χ4n) is 2.39. The van der Waals surface area contributed by atoms with E-state index >= 15 is 0 Å². The summed E-state index contributed by atoms with van der Waals surface area (Å²) in [6, 6.07) is 0. The van der Waals surface area contributed by atoms with Crippen LogP contribution in [0.25, 0.3) is 0 Å². The van der Waals surface area contributed by atoms with Crippen LogP contribution >= 0.6 is 0 Å². The number of ether oxygens (including phenoxy) is 3. The summed E-state index contributed by atoms with van der Waals surface area (Å²) in [6.45, 7) is 7.46. The van der Waals surface area contributed by atoms with Crippen molar-refractivity contribution in [3.8, 4) is 0 Å². The summed E-state index contributed by atoms with van der Waals surface area (Å²) in [6.07, 6.45) is 1.05. The molecule has 0 aromatic carbocycles. The minimum atomic E-state index is -0.348. The molecule has 21 heavy (non-hydrogen) atoms. The summed E-state index contributed by atoms with van der Waals surface area (Å²) in [7, 11) is 1.70. The molecule has 2 unspecified atom stereocenters. The molecule has 0 aromatic heterocycles. The van der Waals surface area contributed by atoms with Crippen molar-refractivity contribution < 1.29 is 23.8 Å². The Labute approximate surface area is 128 Å². The van der Waals surface area contributed by atoms with E-state index in [1.807, 2.05) is 20.8 Å². The molecule has 2 radical (unpaired) electrons. The van der Waals surface area contributed by atoms with Crippen LogP contribution in [0.5, 0.6) is 0 Å².